The van der Waals surface area contributed by atoms with E-state index in [0.717, 1.165) is 16.0 Å². The van der Waals surface area contributed by atoms with E-state index in [1.807, 2.05) is 44.2 Å². The highest BCUT2D eigenvalue weighted by atomic mass is 32.2. The number of aromatic nitrogens is 2. The first-order chi connectivity index (χ1) is 12.9. The smallest absolute Gasteiger partial charge is 0.219 e. The van der Waals surface area contributed by atoms with Crippen molar-refractivity contribution in [3.05, 3.63) is 60.7 Å². The molecule has 3 rings (SSSR count). The number of hydrogen-bond acceptors (Lipinski definition) is 6. The van der Waals surface area contributed by atoms with E-state index in [9.17, 15) is 9.50 Å². The standard InChI is InChI=1S/C20H21FN4OS/c1-20(2,12-26)25-27-18-6-4-3-5-16(18)13-7-8-15(17(21)9-13)14-10-23-19(22)24-11-14/h3-11,25-26H,12H2,1-2H3,(H2,22,23,24). The second kappa shape index (κ2) is 8.04. The van der Waals surface area contributed by atoms with Crippen molar-refractivity contribution in [1.82, 2.24) is 14.7 Å². The van der Waals surface area contributed by atoms with Crippen LogP contribution in [0.4, 0.5) is 10.3 Å². The molecule has 27 heavy (non-hydrogen) atoms. The van der Waals surface area contributed by atoms with Crippen molar-refractivity contribution < 1.29 is 9.50 Å². The van der Waals surface area contributed by atoms with E-state index in [2.05, 4.69) is 14.7 Å². The van der Waals surface area contributed by atoms with E-state index in [4.69, 9.17) is 5.73 Å². The molecule has 0 aliphatic carbocycles. The molecule has 2 aromatic carbocycles. The van der Waals surface area contributed by atoms with Gasteiger partial charge in [-0.3, -0.25) is 4.72 Å². The minimum Gasteiger partial charge on any atom is -0.394 e. The molecule has 4 N–H and O–H groups in total. The lowest BCUT2D eigenvalue weighted by atomic mass is 10.0. The van der Waals surface area contributed by atoms with Crippen LogP contribution >= 0.6 is 11.9 Å². The highest BCUT2D eigenvalue weighted by molar-refractivity contribution is 7.97. The summed E-state index contributed by atoms with van der Waals surface area (Å²) in [6.07, 6.45) is 3.01. The Balaban J connectivity index is 1.91. The maximum absolute atomic E-state index is 14.7. The SMILES string of the molecule is CC(C)(CO)NSc1ccccc1-c1ccc(-c2cnc(N)nc2)c(F)c1. The molecule has 5 nitrogen and oxygen atoms in total. The maximum atomic E-state index is 14.7. The van der Waals surface area contributed by atoms with Crippen molar-refractivity contribution in [2.45, 2.75) is 24.3 Å². The van der Waals surface area contributed by atoms with Gasteiger partial charge in [0, 0.05) is 34.0 Å². The summed E-state index contributed by atoms with van der Waals surface area (Å²) in [6.45, 7) is 3.83. The summed E-state index contributed by atoms with van der Waals surface area (Å²) in [5.74, 6) is -0.204. The van der Waals surface area contributed by atoms with Crippen LogP contribution in [0, 0.1) is 5.82 Å². The number of nitrogens with zero attached hydrogens (tertiary/aromatic N) is 2. The second-order valence-corrected chi connectivity index (χ2v) is 7.61. The van der Waals surface area contributed by atoms with Gasteiger partial charge in [-0.25, -0.2) is 14.4 Å². The van der Waals surface area contributed by atoms with Crippen LogP contribution in [0.3, 0.4) is 0 Å². The Kier molecular flexibility index (Phi) is 5.74. The minimum atomic E-state index is -0.429. The van der Waals surface area contributed by atoms with E-state index in [1.54, 1.807) is 6.07 Å². The zero-order chi connectivity index (χ0) is 19.4. The van der Waals surface area contributed by atoms with Gasteiger partial charge in [0.25, 0.3) is 0 Å². The number of rotatable bonds is 6. The molecule has 140 valence electrons. The summed E-state index contributed by atoms with van der Waals surface area (Å²) in [5, 5.41) is 9.41. The number of anilines is 1. The summed E-state index contributed by atoms with van der Waals surface area (Å²) >= 11 is 1.42. The van der Waals surface area contributed by atoms with Crippen LogP contribution in [-0.2, 0) is 0 Å². The highest BCUT2D eigenvalue weighted by Gasteiger charge is 2.17. The molecule has 0 aliphatic heterocycles. The Morgan fingerprint density at radius 3 is 2.44 bits per heavy atom. The van der Waals surface area contributed by atoms with Crippen molar-refractivity contribution in [1.29, 1.82) is 0 Å². The van der Waals surface area contributed by atoms with Gasteiger partial charge in [-0.2, -0.15) is 0 Å². The largest absolute Gasteiger partial charge is 0.394 e. The third-order valence-electron chi connectivity index (χ3n) is 3.98. The Bertz CT molecular complexity index is 932. The highest BCUT2D eigenvalue weighted by Crippen LogP contribution is 2.33. The first kappa shape index (κ1) is 19.3. The monoisotopic (exact) mass is 384 g/mol. The fourth-order valence-electron chi connectivity index (χ4n) is 2.41. The number of halogens is 1. The van der Waals surface area contributed by atoms with Crippen molar-refractivity contribution in [2.24, 2.45) is 0 Å². The molecule has 1 heterocycles. The van der Waals surface area contributed by atoms with Crippen LogP contribution < -0.4 is 10.5 Å². The first-order valence-electron chi connectivity index (χ1n) is 8.41. The fraction of sp³-hybridized carbons (Fsp3) is 0.200. The molecule has 0 radical (unpaired) electrons. The minimum absolute atomic E-state index is 0.00908. The lowest BCUT2D eigenvalue weighted by Crippen LogP contribution is -2.38. The molecular weight excluding hydrogens is 363 g/mol. The quantitative estimate of drug-likeness (QED) is 0.559. The van der Waals surface area contributed by atoms with E-state index >= 15 is 0 Å². The number of nitrogens with one attached hydrogen (secondary N) is 1. The molecule has 1 aromatic heterocycles. The molecule has 0 unspecified atom stereocenters. The van der Waals surface area contributed by atoms with Crippen LogP contribution in [-0.4, -0.2) is 27.2 Å². The average Bonchev–Trinajstić information content (AvgIpc) is 2.67. The van der Waals surface area contributed by atoms with Gasteiger partial charge in [0.05, 0.1) is 6.61 Å². The van der Waals surface area contributed by atoms with E-state index in [0.29, 0.717) is 11.1 Å². The zero-order valence-electron chi connectivity index (χ0n) is 15.1. The molecule has 0 fully saturated rings. The summed E-state index contributed by atoms with van der Waals surface area (Å²) < 4.78 is 18.0. The third-order valence-corrected chi connectivity index (χ3v) is 5.21. The molecule has 0 saturated carbocycles. The third kappa shape index (κ3) is 4.63. The fourth-order valence-corrected chi connectivity index (χ4v) is 3.31. The first-order valence-corrected chi connectivity index (χ1v) is 9.23. The van der Waals surface area contributed by atoms with Gasteiger partial charge in [-0.1, -0.05) is 30.3 Å². The summed E-state index contributed by atoms with van der Waals surface area (Å²) in [5.41, 5.74) is 7.72. The summed E-state index contributed by atoms with van der Waals surface area (Å²) in [6, 6.07) is 12.8. The number of aliphatic hydroxyl groups is 1. The Labute approximate surface area is 162 Å². The Morgan fingerprint density at radius 2 is 1.78 bits per heavy atom. The van der Waals surface area contributed by atoms with Crippen LogP contribution in [0.25, 0.3) is 22.3 Å². The lowest BCUT2D eigenvalue weighted by molar-refractivity contribution is 0.211. The molecular formula is C20H21FN4OS. The van der Waals surface area contributed by atoms with Crippen molar-refractivity contribution >= 4 is 17.9 Å². The normalized spacial score (nSPS) is 11.6. The van der Waals surface area contributed by atoms with Crippen molar-refractivity contribution in [2.75, 3.05) is 12.3 Å². The number of benzene rings is 2. The van der Waals surface area contributed by atoms with Gasteiger partial charge in [-0.05, 0) is 49.1 Å². The molecule has 0 aliphatic rings. The van der Waals surface area contributed by atoms with Crippen molar-refractivity contribution in [3.8, 4) is 22.3 Å². The van der Waals surface area contributed by atoms with Gasteiger partial charge in [0.1, 0.15) is 5.82 Å². The number of nitrogen functional groups attached to an aromatic ring is 1. The lowest BCUT2D eigenvalue weighted by Gasteiger charge is -2.23. The predicted molar refractivity (Wildman–Crippen MR) is 107 cm³/mol. The van der Waals surface area contributed by atoms with E-state index in [1.165, 1.54) is 30.4 Å². The van der Waals surface area contributed by atoms with Gasteiger partial charge < -0.3 is 10.8 Å². The van der Waals surface area contributed by atoms with Crippen LogP contribution in [0.15, 0.2) is 59.8 Å². The molecule has 0 saturated heterocycles. The molecule has 0 amide bonds. The van der Waals surface area contributed by atoms with Gasteiger partial charge in [0.15, 0.2) is 0 Å². The molecule has 0 spiro atoms. The zero-order valence-corrected chi connectivity index (χ0v) is 15.9. The van der Waals surface area contributed by atoms with Crippen LogP contribution in [0.2, 0.25) is 0 Å². The average molecular weight is 384 g/mol. The topological polar surface area (TPSA) is 84.1 Å². The van der Waals surface area contributed by atoms with E-state index < -0.39 is 5.54 Å². The number of nitrogens with two attached hydrogens (primary N) is 1. The Morgan fingerprint density at radius 1 is 1.07 bits per heavy atom. The molecule has 7 heteroatoms. The number of hydrogen-bond donors (Lipinski definition) is 3. The van der Waals surface area contributed by atoms with Gasteiger partial charge in [-0.15, -0.1) is 0 Å². The van der Waals surface area contributed by atoms with E-state index in [-0.39, 0.29) is 18.4 Å². The Hall–Kier alpha value is -2.48. The van der Waals surface area contributed by atoms with Gasteiger partial charge in [0.2, 0.25) is 5.95 Å². The molecule has 0 atom stereocenters. The van der Waals surface area contributed by atoms with Gasteiger partial charge >= 0.3 is 0 Å². The molecule has 0 bridgehead atoms. The molecule has 3 aromatic rings. The van der Waals surface area contributed by atoms with Crippen molar-refractivity contribution in [3.63, 3.8) is 0 Å². The van der Waals surface area contributed by atoms with Crippen LogP contribution in [0.5, 0.6) is 0 Å². The predicted octanol–water partition coefficient (Wildman–Crippen LogP) is 3.90. The summed E-state index contributed by atoms with van der Waals surface area (Å²) in [7, 11) is 0. The maximum Gasteiger partial charge on any atom is 0.219 e. The summed E-state index contributed by atoms with van der Waals surface area (Å²) in [4.78, 5) is 8.78. The second-order valence-electron chi connectivity index (χ2n) is 6.77. The number of aliphatic hydroxyl groups excluding tert-OH is 1. The van der Waals surface area contributed by atoms with Crippen LogP contribution in [0.1, 0.15) is 13.8 Å².